The first-order chi connectivity index (χ1) is 14.0. The van der Waals surface area contributed by atoms with Gasteiger partial charge in [-0.25, -0.2) is 4.79 Å². The summed E-state index contributed by atoms with van der Waals surface area (Å²) >= 11 is 0. The Balaban J connectivity index is 0.00000450. The van der Waals surface area contributed by atoms with E-state index in [9.17, 15) is 14.4 Å². The van der Waals surface area contributed by atoms with Crippen LogP contribution in [-0.2, 0) is 37.1 Å². The lowest BCUT2D eigenvalue weighted by molar-refractivity contribution is -0.150. The molecular weight excluding hydrogens is 408 g/mol. The highest BCUT2D eigenvalue weighted by Crippen LogP contribution is 2.08. The van der Waals surface area contributed by atoms with Gasteiger partial charge in [0.2, 0.25) is 5.91 Å². The highest BCUT2D eigenvalue weighted by molar-refractivity contribution is 5.87. The van der Waals surface area contributed by atoms with Crippen LogP contribution < -0.4 is 11.1 Å². The molecule has 0 saturated carbocycles. The molecule has 0 saturated heterocycles. The molecule has 8 heteroatoms. The van der Waals surface area contributed by atoms with E-state index in [1.165, 1.54) is 6.92 Å². The number of carbonyl (C=O) groups is 3. The maximum absolute atomic E-state index is 12.4. The van der Waals surface area contributed by atoms with E-state index in [0.717, 1.165) is 11.1 Å². The number of rotatable bonds is 10. The first-order valence-corrected chi connectivity index (χ1v) is 9.41. The second-order valence-electron chi connectivity index (χ2n) is 6.63. The zero-order valence-corrected chi connectivity index (χ0v) is 17.6. The third kappa shape index (κ3) is 9.07. The number of carbonyl (C=O) groups excluding carboxylic acids is 3. The zero-order valence-electron chi connectivity index (χ0n) is 16.8. The van der Waals surface area contributed by atoms with Crippen molar-refractivity contribution in [3.8, 4) is 0 Å². The maximum Gasteiger partial charge on any atom is 0.328 e. The lowest BCUT2D eigenvalue weighted by Gasteiger charge is -2.18. The predicted molar refractivity (Wildman–Crippen MR) is 115 cm³/mol. The minimum atomic E-state index is -0.985. The average Bonchev–Trinajstić information content (AvgIpc) is 2.74. The molecule has 2 aromatic carbocycles. The number of halogens is 1. The first-order valence-electron chi connectivity index (χ1n) is 9.41. The van der Waals surface area contributed by atoms with Gasteiger partial charge in [0.05, 0.1) is 6.04 Å². The number of hydrogen-bond donors (Lipinski definition) is 2. The second-order valence-corrected chi connectivity index (χ2v) is 6.63. The largest absolute Gasteiger partial charge is 0.461 e. The first kappa shape index (κ1) is 25.1. The maximum atomic E-state index is 12.4. The molecule has 1 unspecified atom stereocenters. The van der Waals surface area contributed by atoms with E-state index in [1.807, 2.05) is 60.7 Å². The number of esters is 2. The van der Waals surface area contributed by atoms with Gasteiger partial charge in [-0.15, -0.1) is 12.4 Å². The highest BCUT2D eigenvalue weighted by Gasteiger charge is 2.25. The summed E-state index contributed by atoms with van der Waals surface area (Å²) in [7, 11) is 0. The summed E-state index contributed by atoms with van der Waals surface area (Å²) in [5.41, 5.74) is 7.25. The highest BCUT2D eigenvalue weighted by atomic mass is 35.5. The molecular formula is C22H27ClN2O5. The van der Waals surface area contributed by atoms with E-state index in [-0.39, 0.29) is 38.5 Å². The summed E-state index contributed by atoms with van der Waals surface area (Å²) in [5, 5.41) is 2.54. The Kier molecular flexibility index (Phi) is 11.2. The SMILES string of the molecule is CC(N)C(=O)N[C@@H](CCC(=O)OCc1ccccc1)C(=O)OCc1ccccc1.Cl. The van der Waals surface area contributed by atoms with Gasteiger partial charge in [-0.2, -0.15) is 0 Å². The van der Waals surface area contributed by atoms with Crippen LogP contribution in [0.5, 0.6) is 0 Å². The fourth-order valence-corrected chi connectivity index (χ4v) is 2.45. The van der Waals surface area contributed by atoms with Crippen LogP contribution in [0.4, 0.5) is 0 Å². The molecule has 0 fully saturated rings. The second kappa shape index (κ2) is 13.3. The van der Waals surface area contributed by atoms with Crippen molar-refractivity contribution in [2.75, 3.05) is 0 Å². The number of ether oxygens (including phenoxy) is 2. The van der Waals surface area contributed by atoms with Crippen molar-refractivity contribution >= 4 is 30.3 Å². The third-order valence-electron chi connectivity index (χ3n) is 4.12. The summed E-state index contributed by atoms with van der Waals surface area (Å²) in [6.07, 6.45) is 0.0108. The van der Waals surface area contributed by atoms with Gasteiger partial charge in [0.1, 0.15) is 19.3 Å². The molecule has 0 spiro atoms. The monoisotopic (exact) mass is 434 g/mol. The number of nitrogens with one attached hydrogen (secondary N) is 1. The van der Waals surface area contributed by atoms with E-state index < -0.39 is 29.9 Å². The van der Waals surface area contributed by atoms with Crippen LogP contribution in [0.1, 0.15) is 30.9 Å². The van der Waals surface area contributed by atoms with Gasteiger partial charge in [0, 0.05) is 6.42 Å². The molecule has 2 rings (SSSR count). The standard InChI is InChI=1S/C22H26N2O5.ClH/c1-16(23)21(26)24-19(22(27)29-15-18-10-6-3-7-11-18)12-13-20(25)28-14-17-8-4-2-5-9-17;/h2-11,16,19H,12-15,23H2,1H3,(H,24,26);1H/t16?,19-;/m0./s1. The van der Waals surface area contributed by atoms with Crippen molar-refractivity contribution in [1.29, 1.82) is 0 Å². The Morgan fingerprint density at radius 3 is 1.90 bits per heavy atom. The Labute approximate surface area is 182 Å². The normalized spacial score (nSPS) is 12.1. The van der Waals surface area contributed by atoms with Crippen molar-refractivity contribution in [3.05, 3.63) is 71.8 Å². The molecule has 0 aliphatic heterocycles. The molecule has 0 bridgehead atoms. The van der Waals surface area contributed by atoms with Crippen LogP contribution in [0, 0.1) is 0 Å². The minimum absolute atomic E-state index is 0. The Morgan fingerprint density at radius 2 is 1.40 bits per heavy atom. The molecule has 3 N–H and O–H groups in total. The van der Waals surface area contributed by atoms with E-state index in [0.29, 0.717) is 0 Å². The van der Waals surface area contributed by atoms with Crippen molar-refractivity contribution in [2.45, 2.75) is 45.1 Å². The van der Waals surface area contributed by atoms with Gasteiger partial charge in [-0.05, 0) is 24.5 Å². The fourth-order valence-electron chi connectivity index (χ4n) is 2.45. The molecule has 30 heavy (non-hydrogen) atoms. The van der Waals surface area contributed by atoms with Crippen molar-refractivity contribution in [1.82, 2.24) is 5.32 Å². The average molecular weight is 435 g/mol. The van der Waals surface area contributed by atoms with E-state index >= 15 is 0 Å². The van der Waals surface area contributed by atoms with Gasteiger partial charge in [0.15, 0.2) is 0 Å². The van der Waals surface area contributed by atoms with Crippen molar-refractivity contribution in [2.24, 2.45) is 5.73 Å². The Morgan fingerprint density at radius 1 is 0.900 bits per heavy atom. The topological polar surface area (TPSA) is 108 Å². The summed E-state index contributed by atoms with van der Waals surface area (Å²) in [6.45, 7) is 1.73. The van der Waals surface area contributed by atoms with Crippen LogP contribution in [0.25, 0.3) is 0 Å². The molecule has 2 atom stereocenters. The summed E-state index contributed by atoms with van der Waals surface area (Å²) in [4.78, 5) is 36.4. The van der Waals surface area contributed by atoms with Gasteiger partial charge < -0.3 is 20.5 Å². The lowest BCUT2D eigenvalue weighted by atomic mass is 10.1. The molecule has 0 aliphatic carbocycles. The Bertz CT molecular complexity index is 800. The van der Waals surface area contributed by atoms with Gasteiger partial charge in [0.25, 0.3) is 0 Å². The number of nitrogens with two attached hydrogens (primary N) is 1. The van der Waals surface area contributed by atoms with E-state index in [2.05, 4.69) is 5.32 Å². The predicted octanol–water partition coefficient (Wildman–Crippen LogP) is 2.51. The summed E-state index contributed by atoms with van der Waals surface area (Å²) in [6, 6.07) is 16.7. The van der Waals surface area contributed by atoms with Gasteiger partial charge >= 0.3 is 11.9 Å². The van der Waals surface area contributed by atoms with Crippen LogP contribution >= 0.6 is 12.4 Å². The molecule has 0 aromatic heterocycles. The molecule has 7 nitrogen and oxygen atoms in total. The molecule has 1 amide bonds. The molecule has 0 radical (unpaired) electrons. The molecule has 0 heterocycles. The number of hydrogen-bond acceptors (Lipinski definition) is 6. The zero-order chi connectivity index (χ0) is 21.1. The smallest absolute Gasteiger partial charge is 0.328 e. The van der Waals surface area contributed by atoms with Crippen molar-refractivity contribution in [3.63, 3.8) is 0 Å². The number of benzene rings is 2. The van der Waals surface area contributed by atoms with E-state index in [1.54, 1.807) is 0 Å². The lowest BCUT2D eigenvalue weighted by Crippen LogP contribution is -2.48. The number of amides is 1. The van der Waals surface area contributed by atoms with Gasteiger partial charge in [-0.3, -0.25) is 9.59 Å². The van der Waals surface area contributed by atoms with Crippen LogP contribution in [0.2, 0.25) is 0 Å². The van der Waals surface area contributed by atoms with Crippen LogP contribution in [-0.4, -0.2) is 29.9 Å². The minimum Gasteiger partial charge on any atom is -0.461 e. The van der Waals surface area contributed by atoms with E-state index in [4.69, 9.17) is 15.2 Å². The van der Waals surface area contributed by atoms with Crippen LogP contribution in [0.3, 0.4) is 0 Å². The third-order valence-corrected chi connectivity index (χ3v) is 4.12. The van der Waals surface area contributed by atoms with Gasteiger partial charge in [-0.1, -0.05) is 60.7 Å². The molecule has 0 aliphatic rings. The molecule has 162 valence electrons. The molecule has 2 aromatic rings. The summed E-state index contributed by atoms with van der Waals surface area (Å²) in [5.74, 6) is -1.59. The van der Waals surface area contributed by atoms with Crippen molar-refractivity contribution < 1.29 is 23.9 Å². The quantitative estimate of drug-likeness (QED) is 0.556. The fraction of sp³-hybridized carbons (Fsp3) is 0.318. The summed E-state index contributed by atoms with van der Waals surface area (Å²) < 4.78 is 10.5. The Hall–Kier alpha value is -2.90. The van der Waals surface area contributed by atoms with Crippen LogP contribution in [0.15, 0.2) is 60.7 Å².